The number of hydrogen-bond donors (Lipinski definition) is 0. The zero-order chi connectivity index (χ0) is 13.7. The van der Waals surface area contributed by atoms with E-state index in [1.165, 1.54) is 6.07 Å². The lowest BCUT2D eigenvalue weighted by Gasteiger charge is -2.24. The fourth-order valence-electron chi connectivity index (χ4n) is 1.81. The summed E-state index contributed by atoms with van der Waals surface area (Å²) in [5.41, 5.74) is 1.65. The van der Waals surface area contributed by atoms with E-state index in [1.54, 1.807) is 12.1 Å². The Bertz CT molecular complexity index is 480. The number of rotatable bonds is 5. The molecular weight excluding hydrogens is 230 g/mol. The maximum Gasteiger partial charge on any atom is 0.292 e. The molecule has 0 aromatic heterocycles. The number of nitro benzene ring substituents is 1. The lowest BCUT2D eigenvalue weighted by molar-refractivity contribution is -0.384. The number of nitriles is 1. The van der Waals surface area contributed by atoms with Crippen LogP contribution in [0.2, 0.25) is 0 Å². The van der Waals surface area contributed by atoms with E-state index in [1.807, 2.05) is 25.7 Å². The Balaban J connectivity index is 3.15. The number of anilines is 1. The summed E-state index contributed by atoms with van der Waals surface area (Å²) in [7, 11) is 0. The second-order valence-electron chi connectivity index (χ2n) is 4.32. The highest BCUT2D eigenvalue weighted by atomic mass is 16.6. The van der Waals surface area contributed by atoms with E-state index in [0.717, 1.165) is 5.56 Å². The number of benzene rings is 1. The first-order valence-electron chi connectivity index (χ1n) is 5.89. The van der Waals surface area contributed by atoms with Crippen LogP contribution in [0.1, 0.15) is 19.4 Å². The molecule has 0 bridgehead atoms. The Morgan fingerprint density at radius 2 is 2.22 bits per heavy atom. The first-order valence-corrected chi connectivity index (χ1v) is 5.89. The van der Waals surface area contributed by atoms with Crippen molar-refractivity contribution in [3.05, 3.63) is 33.9 Å². The van der Waals surface area contributed by atoms with Crippen LogP contribution in [0.4, 0.5) is 11.4 Å². The Morgan fingerprint density at radius 3 is 2.72 bits per heavy atom. The van der Waals surface area contributed by atoms with Crippen molar-refractivity contribution in [3.8, 4) is 6.07 Å². The van der Waals surface area contributed by atoms with Crippen LogP contribution in [0.25, 0.3) is 0 Å². The fourth-order valence-corrected chi connectivity index (χ4v) is 1.81. The van der Waals surface area contributed by atoms with Gasteiger partial charge < -0.3 is 4.90 Å². The average molecular weight is 247 g/mol. The summed E-state index contributed by atoms with van der Waals surface area (Å²) in [6, 6.07) is 7.19. The zero-order valence-corrected chi connectivity index (χ0v) is 10.9. The molecule has 1 unspecified atom stereocenters. The van der Waals surface area contributed by atoms with E-state index < -0.39 is 0 Å². The molecular formula is C13H17N3O2. The molecule has 1 atom stereocenters. The molecule has 0 N–H and O–H groups in total. The maximum absolute atomic E-state index is 11.0. The van der Waals surface area contributed by atoms with Crippen LogP contribution in [0.3, 0.4) is 0 Å². The van der Waals surface area contributed by atoms with Crippen molar-refractivity contribution in [2.24, 2.45) is 5.92 Å². The Morgan fingerprint density at radius 1 is 1.56 bits per heavy atom. The Hall–Kier alpha value is -2.09. The van der Waals surface area contributed by atoms with Crippen molar-refractivity contribution in [1.29, 1.82) is 5.26 Å². The molecule has 0 saturated heterocycles. The van der Waals surface area contributed by atoms with Crippen molar-refractivity contribution in [3.63, 3.8) is 0 Å². The third-order valence-electron chi connectivity index (χ3n) is 2.76. The Kier molecular flexibility index (Phi) is 4.67. The van der Waals surface area contributed by atoms with Crippen LogP contribution >= 0.6 is 0 Å². The first kappa shape index (κ1) is 14.0. The predicted octanol–water partition coefficient (Wildman–Crippen LogP) is 2.89. The van der Waals surface area contributed by atoms with Gasteiger partial charge in [-0.1, -0.05) is 6.07 Å². The van der Waals surface area contributed by atoms with Crippen LogP contribution in [-0.2, 0) is 0 Å². The highest BCUT2D eigenvalue weighted by molar-refractivity contribution is 5.64. The van der Waals surface area contributed by atoms with Crippen molar-refractivity contribution in [2.45, 2.75) is 20.8 Å². The zero-order valence-electron chi connectivity index (χ0n) is 10.9. The van der Waals surface area contributed by atoms with E-state index in [2.05, 4.69) is 6.07 Å². The molecule has 0 aliphatic rings. The van der Waals surface area contributed by atoms with Crippen LogP contribution in [0.15, 0.2) is 18.2 Å². The molecule has 18 heavy (non-hydrogen) atoms. The summed E-state index contributed by atoms with van der Waals surface area (Å²) in [5, 5.41) is 19.9. The van der Waals surface area contributed by atoms with Gasteiger partial charge in [-0.05, 0) is 32.4 Å². The summed E-state index contributed by atoms with van der Waals surface area (Å²) in [5.74, 6) is -0.162. The number of nitrogens with zero attached hydrogens (tertiary/aromatic N) is 3. The molecule has 5 heteroatoms. The molecule has 1 aromatic carbocycles. The molecule has 0 amide bonds. The molecule has 0 radical (unpaired) electrons. The van der Waals surface area contributed by atoms with E-state index in [9.17, 15) is 10.1 Å². The summed E-state index contributed by atoms with van der Waals surface area (Å²) >= 11 is 0. The molecule has 0 aliphatic carbocycles. The highest BCUT2D eigenvalue weighted by Crippen LogP contribution is 2.29. The topological polar surface area (TPSA) is 70.2 Å². The third kappa shape index (κ3) is 3.20. The number of hydrogen-bond acceptors (Lipinski definition) is 4. The molecule has 1 rings (SSSR count). The number of nitro groups is 1. The monoisotopic (exact) mass is 247 g/mol. The first-order chi connectivity index (χ1) is 8.49. The van der Waals surface area contributed by atoms with Gasteiger partial charge in [0.2, 0.25) is 0 Å². The molecule has 0 saturated carbocycles. The van der Waals surface area contributed by atoms with Gasteiger partial charge >= 0.3 is 0 Å². The second kappa shape index (κ2) is 6.01. The van der Waals surface area contributed by atoms with Gasteiger partial charge in [0.1, 0.15) is 5.69 Å². The summed E-state index contributed by atoms with van der Waals surface area (Å²) in [6.45, 7) is 6.77. The van der Waals surface area contributed by atoms with Gasteiger partial charge in [0.15, 0.2) is 0 Å². The highest BCUT2D eigenvalue weighted by Gasteiger charge is 2.19. The van der Waals surface area contributed by atoms with Crippen LogP contribution in [0.5, 0.6) is 0 Å². The predicted molar refractivity (Wildman–Crippen MR) is 70.5 cm³/mol. The smallest absolute Gasteiger partial charge is 0.292 e. The van der Waals surface area contributed by atoms with Crippen LogP contribution < -0.4 is 4.90 Å². The molecule has 5 nitrogen and oxygen atoms in total. The minimum atomic E-state index is -0.380. The molecule has 0 spiro atoms. The van der Waals surface area contributed by atoms with Gasteiger partial charge in [0.05, 0.1) is 16.9 Å². The minimum absolute atomic E-state index is 0.0904. The normalized spacial score (nSPS) is 11.7. The second-order valence-corrected chi connectivity index (χ2v) is 4.32. The van der Waals surface area contributed by atoms with Gasteiger partial charge in [-0.2, -0.15) is 5.26 Å². The van der Waals surface area contributed by atoms with Crippen LogP contribution in [0, 0.1) is 34.3 Å². The molecule has 0 aliphatic heterocycles. The molecule has 0 heterocycles. The standard InChI is InChI=1S/C13H17N3O2/c1-4-15(9-11(3)8-14)13-7-10(2)5-6-12(13)16(17)18/h5-7,11H,4,9H2,1-3H3. The van der Waals surface area contributed by atoms with Crippen molar-refractivity contribution in [1.82, 2.24) is 0 Å². The SMILES string of the molecule is CCN(CC(C)C#N)c1cc(C)ccc1[N+](=O)[O-]. The lowest BCUT2D eigenvalue weighted by atomic mass is 10.1. The molecule has 1 aromatic rings. The summed E-state index contributed by atoms with van der Waals surface area (Å²) < 4.78 is 0. The lowest BCUT2D eigenvalue weighted by Crippen LogP contribution is -2.28. The quantitative estimate of drug-likeness (QED) is 0.592. The molecule has 0 fully saturated rings. The van der Waals surface area contributed by atoms with E-state index in [4.69, 9.17) is 5.26 Å². The third-order valence-corrected chi connectivity index (χ3v) is 2.76. The maximum atomic E-state index is 11.0. The summed E-state index contributed by atoms with van der Waals surface area (Å²) in [4.78, 5) is 12.5. The van der Waals surface area contributed by atoms with E-state index >= 15 is 0 Å². The Labute approximate surface area is 107 Å². The van der Waals surface area contributed by atoms with Crippen molar-refractivity contribution >= 4 is 11.4 Å². The van der Waals surface area contributed by atoms with Crippen molar-refractivity contribution < 1.29 is 4.92 Å². The van der Waals surface area contributed by atoms with Crippen LogP contribution in [-0.4, -0.2) is 18.0 Å². The number of aryl methyl sites for hydroxylation is 1. The van der Waals surface area contributed by atoms with Gasteiger partial charge in [-0.25, -0.2) is 0 Å². The fraction of sp³-hybridized carbons (Fsp3) is 0.462. The minimum Gasteiger partial charge on any atom is -0.365 e. The summed E-state index contributed by atoms with van der Waals surface area (Å²) in [6.07, 6.45) is 0. The largest absolute Gasteiger partial charge is 0.365 e. The molecule has 96 valence electrons. The van der Waals surface area contributed by atoms with Gasteiger partial charge in [0, 0.05) is 19.2 Å². The van der Waals surface area contributed by atoms with E-state index in [-0.39, 0.29) is 16.5 Å². The van der Waals surface area contributed by atoms with Gasteiger partial charge in [-0.15, -0.1) is 0 Å². The van der Waals surface area contributed by atoms with Gasteiger partial charge in [-0.3, -0.25) is 10.1 Å². The average Bonchev–Trinajstić information content (AvgIpc) is 2.35. The van der Waals surface area contributed by atoms with E-state index in [0.29, 0.717) is 18.8 Å². The van der Waals surface area contributed by atoms with Gasteiger partial charge in [0.25, 0.3) is 5.69 Å². The van der Waals surface area contributed by atoms with Crippen molar-refractivity contribution in [2.75, 3.05) is 18.0 Å².